The molecule has 0 bridgehead atoms. The van der Waals surface area contributed by atoms with Crippen molar-refractivity contribution in [1.29, 1.82) is 0 Å². The monoisotopic (exact) mass is 376 g/mol. The van der Waals surface area contributed by atoms with E-state index in [9.17, 15) is 22.8 Å². The number of amides is 2. The third-order valence-electron chi connectivity index (χ3n) is 3.44. The Bertz CT molecular complexity index is 625. The minimum absolute atomic E-state index is 0.115. The van der Waals surface area contributed by atoms with Crippen LogP contribution >= 0.6 is 0 Å². The van der Waals surface area contributed by atoms with Gasteiger partial charge in [0.2, 0.25) is 0 Å². The Balaban J connectivity index is 2.59. The van der Waals surface area contributed by atoms with E-state index in [1.165, 1.54) is 12.1 Å². The quantitative estimate of drug-likeness (QED) is 0.702. The first kappa shape index (κ1) is 21.8. The number of benzene rings is 1. The molecular weight excluding hydrogens is 351 g/mol. The maximum absolute atomic E-state index is 12.3. The van der Waals surface area contributed by atoms with Crippen molar-refractivity contribution in [3.63, 3.8) is 0 Å². The highest BCUT2D eigenvalue weighted by Gasteiger charge is 2.31. The normalized spacial score (nSPS) is 14.3. The molecule has 0 saturated heterocycles. The molecule has 0 aromatic heterocycles. The number of nitrogens with one attached hydrogen (secondary N) is 3. The minimum atomic E-state index is -4.76. The number of alkyl halides is 3. The number of halogens is 3. The maximum atomic E-state index is 12.3. The smallest absolute Gasteiger partial charge is 0.406 e. The predicted molar refractivity (Wildman–Crippen MR) is 90.9 cm³/mol. The molecule has 6 nitrogen and oxygen atoms in total. The molecule has 0 spiro atoms. The molecule has 1 aromatic carbocycles. The lowest BCUT2D eigenvalue weighted by Crippen LogP contribution is -3.15. The number of ether oxygens (including phenoxy) is 1. The summed E-state index contributed by atoms with van der Waals surface area (Å²) >= 11 is 0. The molecule has 9 heteroatoms. The lowest BCUT2D eigenvalue weighted by atomic mass is 10.1. The molecular formula is C17H25F3N3O3+. The van der Waals surface area contributed by atoms with Gasteiger partial charge < -0.3 is 20.3 Å². The Hall–Kier alpha value is -2.29. The zero-order valence-electron chi connectivity index (χ0n) is 15.5. The first-order chi connectivity index (χ1) is 11.8. The van der Waals surface area contributed by atoms with E-state index in [-0.39, 0.29) is 29.6 Å². The summed E-state index contributed by atoms with van der Waals surface area (Å²) < 4.78 is 40.1. The van der Waals surface area contributed by atoms with Crippen molar-refractivity contribution in [3.05, 3.63) is 24.3 Å². The average Bonchev–Trinajstić information content (AvgIpc) is 2.44. The van der Waals surface area contributed by atoms with E-state index in [1.807, 2.05) is 20.8 Å². The third-order valence-corrected chi connectivity index (χ3v) is 3.44. The first-order valence-electron chi connectivity index (χ1n) is 8.07. The second-order valence-electron chi connectivity index (χ2n) is 7.10. The average molecular weight is 376 g/mol. The van der Waals surface area contributed by atoms with Crippen LogP contribution < -0.4 is 20.3 Å². The van der Waals surface area contributed by atoms with Crippen molar-refractivity contribution in [1.82, 2.24) is 5.32 Å². The number of hydrogen-bond donors (Lipinski definition) is 3. The highest BCUT2D eigenvalue weighted by atomic mass is 19.4. The minimum Gasteiger partial charge on any atom is -0.406 e. The first-order valence-corrected chi connectivity index (χ1v) is 8.07. The Morgan fingerprint density at radius 1 is 1.15 bits per heavy atom. The lowest BCUT2D eigenvalue weighted by Gasteiger charge is -2.24. The number of carbonyl (C=O) groups excluding carboxylic acids is 2. The zero-order chi connectivity index (χ0) is 20.1. The molecule has 3 N–H and O–H groups in total. The molecule has 0 fully saturated rings. The lowest BCUT2D eigenvalue weighted by molar-refractivity contribution is -0.885. The molecule has 2 amide bonds. The van der Waals surface area contributed by atoms with E-state index < -0.39 is 12.4 Å². The Morgan fingerprint density at radius 3 is 2.15 bits per heavy atom. The third kappa shape index (κ3) is 8.19. The highest BCUT2D eigenvalue weighted by molar-refractivity contribution is 5.93. The fourth-order valence-electron chi connectivity index (χ4n) is 2.08. The van der Waals surface area contributed by atoms with Crippen LogP contribution in [0.15, 0.2) is 24.3 Å². The second-order valence-corrected chi connectivity index (χ2v) is 7.10. The van der Waals surface area contributed by atoms with E-state index in [0.717, 1.165) is 12.1 Å². The molecule has 146 valence electrons. The van der Waals surface area contributed by atoms with Gasteiger partial charge in [-0.3, -0.25) is 9.59 Å². The van der Waals surface area contributed by atoms with Gasteiger partial charge in [0.05, 0.1) is 7.05 Å². The van der Waals surface area contributed by atoms with Crippen LogP contribution in [-0.2, 0) is 9.59 Å². The summed E-state index contributed by atoms with van der Waals surface area (Å²) in [5, 5.41) is 5.43. The summed E-state index contributed by atoms with van der Waals surface area (Å²) in [6.45, 7) is 7.37. The van der Waals surface area contributed by atoms with E-state index in [2.05, 4.69) is 15.4 Å². The molecule has 0 aliphatic carbocycles. The van der Waals surface area contributed by atoms with E-state index in [1.54, 1.807) is 14.0 Å². The Labute approximate surface area is 150 Å². The van der Waals surface area contributed by atoms with Crippen LogP contribution in [0.4, 0.5) is 18.9 Å². The van der Waals surface area contributed by atoms with Gasteiger partial charge in [0.25, 0.3) is 11.8 Å². The summed E-state index contributed by atoms with van der Waals surface area (Å²) in [5.74, 6) is -0.899. The van der Waals surface area contributed by atoms with Gasteiger partial charge in [-0.15, -0.1) is 13.2 Å². The van der Waals surface area contributed by atoms with Gasteiger partial charge in [-0.05, 0) is 52.0 Å². The maximum Gasteiger partial charge on any atom is 0.573 e. The number of likely N-dealkylation sites (N-methyl/N-ethyl adjacent to an activating group) is 1. The summed E-state index contributed by atoms with van der Waals surface area (Å²) in [6, 6.07) is 4.31. The van der Waals surface area contributed by atoms with Crippen molar-refractivity contribution in [2.24, 2.45) is 0 Å². The number of rotatable bonds is 6. The number of anilines is 1. The summed E-state index contributed by atoms with van der Waals surface area (Å²) in [6.07, 6.45) is -4.76. The van der Waals surface area contributed by atoms with E-state index >= 15 is 0 Å². The number of quaternary nitrogens is 1. The predicted octanol–water partition coefficient (Wildman–Crippen LogP) is 1.34. The van der Waals surface area contributed by atoms with Gasteiger partial charge >= 0.3 is 6.36 Å². The number of carbonyl (C=O) groups is 2. The van der Waals surface area contributed by atoms with Gasteiger partial charge in [-0.2, -0.15) is 0 Å². The fourth-order valence-corrected chi connectivity index (χ4v) is 2.08. The highest BCUT2D eigenvalue weighted by Crippen LogP contribution is 2.23. The van der Waals surface area contributed by atoms with Gasteiger partial charge in [0.1, 0.15) is 5.75 Å². The summed E-state index contributed by atoms with van der Waals surface area (Å²) in [4.78, 5) is 24.9. The largest absolute Gasteiger partial charge is 0.573 e. The Morgan fingerprint density at radius 2 is 1.69 bits per heavy atom. The van der Waals surface area contributed by atoms with E-state index in [4.69, 9.17) is 0 Å². The molecule has 26 heavy (non-hydrogen) atoms. The van der Waals surface area contributed by atoms with Crippen molar-refractivity contribution in [2.75, 3.05) is 18.9 Å². The molecule has 0 radical (unpaired) electrons. The standard InChI is InChI=1S/C17H24F3N3O3/c1-11(23(5)10-14(24)22-16(2,3)4)15(25)21-12-6-8-13(9-7-12)26-17(18,19)20/h6-9,11H,10H2,1-5H3,(H,21,25)(H,22,24)/p+1/t11-/m1/s1. The number of hydrogen-bond acceptors (Lipinski definition) is 3. The molecule has 0 aliphatic rings. The van der Waals surface area contributed by atoms with Crippen LogP contribution in [0.2, 0.25) is 0 Å². The summed E-state index contributed by atoms with van der Waals surface area (Å²) in [7, 11) is 1.72. The SMILES string of the molecule is C[C@H](C(=O)Nc1ccc(OC(F)(F)F)cc1)[NH+](C)CC(=O)NC(C)(C)C. The fraction of sp³-hybridized carbons (Fsp3) is 0.529. The van der Waals surface area contributed by atoms with Crippen LogP contribution in [-0.4, -0.2) is 43.3 Å². The Kier molecular flexibility index (Phi) is 7.02. The van der Waals surface area contributed by atoms with Crippen molar-refractivity contribution >= 4 is 17.5 Å². The van der Waals surface area contributed by atoms with Crippen LogP contribution in [0.25, 0.3) is 0 Å². The van der Waals surface area contributed by atoms with Crippen molar-refractivity contribution in [2.45, 2.75) is 45.6 Å². The molecule has 2 atom stereocenters. The molecule has 0 heterocycles. The van der Waals surface area contributed by atoms with Crippen molar-refractivity contribution in [3.8, 4) is 5.75 Å². The zero-order valence-corrected chi connectivity index (χ0v) is 15.5. The molecule has 1 unspecified atom stereocenters. The topological polar surface area (TPSA) is 71.9 Å². The molecule has 1 rings (SSSR count). The van der Waals surface area contributed by atoms with Crippen LogP contribution in [0.5, 0.6) is 5.75 Å². The molecule has 0 aliphatic heterocycles. The van der Waals surface area contributed by atoms with Gasteiger partial charge in [0, 0.05) is 11.2 Å². The van der Waals surface area contributed by atoms with Gasteiger partial charge in [-0.1, -0.05) is 0 Å². The van der Waals surface area contributed by atoms with Gasteiger partial charge in [0.15, 0.2) is 12.6 Å². The van der Waals surface area contributed by atoms with Crippen LogP contribution in [0.1, 0.15) is 27.7 Å². The van der Waals surface area contributed by atoms with Crippen LogP contribution in [0, 0.1) is 0 Å². The summed E-state index contributed by atoms with van der Waals surface area (Å²) in [5.41, 5.74) is -0.0216. The molecule has 0 saturated carbocycles. The van der Waals surface area contributed by atoms with E-state index in [0.29, 0.717) is 10.6 Å². The van der Waals surface area contributed by atoms with Crippen molar-refractivity contribution < 1.29 is 32.4 Å². The van der Waals surface area contributed by atoms with Crippen LogP contribution in [0.3, 0.4) is 0 Å². The molecule has 1 aromatic rings. The second kappa shape index (κ2) is 8.39. The van der Waals surface area contributed by atoms with Gasteiger partial charge in [-0.25, -0.2) is 0 Å².